The summed E-state index contributed by atoms with van der Waals surface area (Å²) in [5.41, 5.74) is 3.37. The molecule has 0 aromatic carbocycles. The molecule has 0 aliphatic rings. The molecule has 1 atom stereocenters. The highest BCUT2D eigenvalue weighted by molar-refractivity contribution is 5.86. The van der Waals surface area contributed by atoms with E-state index >= 15 is 0 Å². The first-order valence-electron chi connectivity index (χ1n) is 5.18. The topological polar surface area (TPSA) is 72.9 Å². The largest absolute Gasteiger partial charge is 0.415 e. The molecule has 5 nitrogen and oxygen atoms in total. The van der Waals surface area contributed by atoms with E-state index in [9.17, 15) is 18.0 Å². The van der Waals surface area contributed by atoms with Gasteiger partial charge in [0.05, 0.1) is 5.69 Å². The van der Waals surface area contributed by atoms with Crippen molar-refractivity contribution in [2.45, 2.75) is 32.1 Å². The molecule has 0 aliphatic carbocycles. The fraction of sp³-hybridized carbons (Fsp3) is 0.600. The van der Waals surface area contributed by atoms with Gasteiger partial charge >= 0.3 is 6.18 Å². The average Bonchev–Trinajstić information content (AvgIpc) is 2.52. The highest BCUT2D eigenvalue weighted by Crippen LogP contribution is 2.27. The van der Waals surface area contributed by atoms with Crippen LogP contribution in [0.3, 0.4) is 0 Å². The number of halogens is 3. The minimum atomic E-state index is -4.79. The van der Waals surface area contributed by atoms with Crippen LogP contribution in [0.15, 0.2) is 6.20 Å². The molecular formula is C10H15F3N4O. The van der Waals surface area contributed by atoms with E-state index in [1.54, 1.807) is 20.2 Å². The lowest BCUT2D eigenvalue weighted by atomic mass is 10.0. The number of carbonyl (C=O) groups is 1. The summed E-state index contributed by atoms with van der Waals surface area (Å²) in [6, 6.07) is 0. The molecule has 0 aliphatic heterocycles. The molecule has 0 saturated carbocycles. The zero-order chi connectivity index (χ0) is 14.1. The molecule has 1 heterocycles. The Hall–Kier alpha value is -1.57. The number of nitrogens with two attached hydrogens (primary N) is 1. The normalized spacial score (nSPS) is 15.3. The summed E-state index contributed by atoms with van der Waals surface area (Å²) in [5.74, 6) is -1.27. The van der Waals surface area contributed by atoms with E-state index in [-0.39, 0.29) is 6.54 Å². The molecule has 0 spiro atoms. The first kappa shape index (κ1) is 14.5. The van der Waals surface area contributed by atoms with Crippen LogP contribution in [0, 0.1) is 6.92 Å². The van der Waals surface area contributed by atoms with E-state index in [1.807, 2.05) is 0 Å². The van der Waals surface area contributed by atoms with Crippen LogP contribution < -0.4 is 11.1 Å². The number of aromatic nitrogens is 2. The third kappa shape index (κ3) is 2.81. The number of rotatable bonds is 3. The molecule has 0 bridgehead atoms. The van der Waals surface area contributed by atoms with Gasteiger partial charge in [-0.25, -0.2) is 0 Å². The maximum Gasteiger partial charge on any atom is 0.415 e. The van der Waals surface area contributed by atoms with Crippen molar-refractivity contribution in [2.75, 3.05) is 0 Å². The van der Waals surface area contributed by atoms with E-state index in [0.717, 1.165) is 0 Å². The van der Waals surface area contributed by atoms with Gasteiger partial charge in [-0.2, -0.15) is 18.3 Å². The van der Waals surface area contributed by atoms with Crippen LogP contribution in [0.1, 0.15) is 18.2 Å². The van der Waals surface area contributed by atoms with Crippen LogP contribution >= 0.6 is 0 Å². The molecule has 3 N–H and O–H groups in total. The van der Waals surface area contributed by atoms with Crippen molar-refractivity contribution in [1.82, 2.24) is 15.1 Å². The standard InChI is InChI=1S/C10H15F3N4O/c1-6-7(5-17(3)16-6)4-15-8(18)9(2,14)10(11,12)13/h5H,4,14H2,1-3H3,(H,15,18). The Morgan fingerprint density at radius 1 is 1.56 bits per heavy atom. The van der Waals surface area contributed by atoms with E-state index in [0.29, 0.717) is 18.2 Å². The molecule has 0 fully saturated rings. The van der Waals surface area contributed by atoms with Crippen molar-refractivity contribution in [3.05, 3.63) is 17.5 Å². The smallest absolute Gasteiger partial charge is 0.350 e. The predicted molar refractivity (Wildman–Crippen MR) is 58.4 cm³/mol. The van der Waals surface area contributed by atoms with Gasteiger partial charge in [0.15, 0.2) is 5.54 Å². The second-order valence-corrected chi connectivity index (χ2v) is 4.30. The van der Waals surface area contributed by atoms with Gasteiger partial charge in [-0.15, -0.1) is 0 Å². The number of nitrogens with zero attached hydrogens (tertiary/aromatic N) is 2. The zero-order valence-corrected chi connectivity index (χ0v) is 10.3. The quantitative estimate of drug-likeness (QED) is 0.840. The Labute approximate surface area is 102 Å². The molecule has 0 saturated heterocycles. The molecule has 1 unspecified atom stereocenters. The predicted octanol–water partition coefficient (Wildman–Crippen LogP) is 0.624. The van der Waals surface area contributed by atoms with Gasteiger partial charge in [-0.05, 0) is 13.8 Å². The van der Waals surface area contributed by atoms with Gasteiger partial charge in [0, 0.05) is 25.4 Å². The molecule has 1 rings (SSSR count). The van der Waals surface area contributed by atoms with Gasteiger partial charge in [-0.1, -0.05) is 0 Å². The number of nitrogens with one attached hydrogen (secondary N) is 1. The summed E-state index contributed by atoms with van der Waals surface area (Å²) >= 11 is 0. The lowest BCUT2D eigenvalue weighted by Gasteiger charge is -2.26. The number of hydrogen-bond acceptors (Lipinski definition) is 3. The summed E-state index contributed by atoms with van der Waals surface area (Å²) < 4.78 is 39.0. The van der Waals surface area contributed by atoms with E-state index in [4.69, 9.17) is 5.73 Å². The van der Waals surface area contributed by atoms with Crippen molar-refractivity contribution >= 4 is 5.91 Å². The second-order valence-electron chi connectivity index (χ2n) is 4.30. The molecule has 0 radical (unpaired) electrons. The molecule has 1 aromatic heterocycles. The van der Waals surface area contributed by atoms with Gasteiger partial charge < -0.3 is 11.1 Å². The Balaban J connectivity index is 2.70. The summed E-state index contributed by atoms with van der Waals surface area (Å²) in [6.07, 6.45) is -3.17. The third-order valence-corrected chi connectivity index (χ3v) is 2.62. The summed E-state index contributed by atoms with van der Waals surface area (Å²) in [5, 5.41) is 6.17. The highest BCUT2D eigenvalue weighted by atomic mass is 19.4. The van der Waals surface area contributed by atoms with Crippen molar-refractivity contribution in [3.8, 4) is 0 Å². The molecule has 102 valence electrons. The van der Waals surface area contributed by atoms with Crippen LogP contribution in [0.4, 0.5) is 13.2 Å². The lowest BCUT2D eigenvalue weighted by molar-refractivity contribution is -0.187. The Kier molecular flexibility index (Phi) is 3.70. The summed E-state index contributed by atoms with van der Waals surface area (Å²) in [4.78, 5) is 11.4. The fourth-order valence-electron chi connectivity index (χ4n) is 1.31. The van der Waals surface area contributed by atoms with Gasteiger partial charge in [-0.3, -0.25) is 9.48 Å². The van der Waals surface area contributed by atoms with Crippen molar-refractivity contribution in [1.29, 1.82) is 0 Å². The van der Waals surface area contributed by atoms with Crippen LogP contribution in [0.5, 0.6) is 0 Å². The Morgan fingerprint density at radius 3 is 2.50 bits per heavy atom. The average molecular weight is 264 g/mol. The minimum absolute atomic E-state index is 0.0403. The molecule has 8 heteroatoms. The first-order valence-corrected chi connectivity index (χ1v) is 5.18. The van der Waals surface area contributed by atoms with Gasteiger partial charge in [0.1, 0.15) is 0 Å². The Bertz CT molecular complexity index is 450. The van der Waals surface area contributed by atoms with Crippen molar-refractivity contribution < 1.29 is 18.0 Å². The monoisotopic (exact) mass is 264 g/mol. The lowest BCUT2D eigenvalue weighted by Crippen LogP contribution is -2.61. The molecular weight excluding hydrogens is 249 g/mol. The molecule has 1 aromatic rings. The van der Waals surface area contributed by atoms with E-state index < -0.39 is 17.6 Å². The molecule has 1 amide bonds. The minimum Gasteiger partial charge on any atom is -0.350 e. The van der Waals surface area contributed by atoms with Crippen LogP contribution in [0.2, 0.25) is 0 Å². The fourth-order valence-corrected chi connectivity index (χ4v) is 1.31. The van der Waals surface area contributed by atoms with Crippen LogP contribution in [-0.4, -0.2) is 27.4 Å². The first-order chi connectivity index (χ1) is 8.05. The Morgan fingerprint density at radius 2 is 2.11 bits per heavy atom. The van der Waals surface area contributed by atoms with E-state index in [2.05, 4.69) is 10.4 Å². The number of hydrogen-bond donors (Lipinski definition) is 2. The SMILES string of the molecule is Cc1nn(C)cc1CNC(=O)C(C)(N)C(F)(F)F. The number of alkyl halides is 3. The number of aryl methyl sites for hydroxylation is 2. The third-order valence-electron chi connectivity index (χ3n) is 2.62. The highest BCUT2D eigenvalue weighted by Gasteiger charge is 2.53. The second kappa shape index (κ2) is 4.60. The molecule has 18 heavy (non-hydrogen) atoms. The van der Waals surface area contributed by atoms with Gasteiger partial charge in [0.25, 0.3) is 0 Å². The van der Waals surface area contributed by atoms with Crippen LogP contribution in [0.25, 0.3) is 0 Å². The number of amides is 1. The summed E-state index contributed by atoms with van der Waals surface area (Å²) in [6.45, 7) is 2.30. The number of carbonyl (C=O) groups excluding carboxylic acids is 1. The van der Waals surface area contributed by atoms with Crippen molar-refractivity contribution in [3.63, 3.8) is 0 Å². The van der Waals surface area contributed by atoms with Crippen LogP contribution in [-0.2, 0) is 18.4 Å². The maximum absolute atomic E-state index is 12.5. The zero-order valence-electron chi connectivity index (χ0n) is 10.3. The maximum atomic E-state index is 12.5. The summed E-state index contributed by atoms with van der Waals surface area (Å²) in [7, 11) is 1.68. The van der Waals surface area contributed by atoms with Gasteiger partial charge in [0.2, 0.25) is 5.91 Å². The van der Waals surface area contributed by atoms with E-state index in [1.165, 1.54) is 4.68 Å². The van der Waals surface area contributed by atoms with Crippen molar-refractivity contribution in [2.24, 2.45) is 12.8 Å².